The number of fused-ring (bicyclic) bond motifs is 1. The monoisotopic (exact) mass is 444 g/mol. The number of halogens is 1. The number of hydrogen-bond donors (Lipinski definition) is 2. The second-order valence-electron chi connectivity index (χ2n) is 7.23. The van der Waals surface area contributed by atoms with E-state index in [2.05, 4.69) is 58.4 Å². The molecule has 3 heterocycles. The predicted octanol–water partition coefficient (Wildman–Crippen LogP) is 2.57. The molecule has 0 radical (unpaired) electrons. The van der Waals surface area contributed by atoms with Gasteiger partial charge in [0.15, 0.2) is 5.65 Å². The van der Waals surface area contributed by atoms with Gasteiger partial charge in [0.05, 0.1) is 17.5 Å². The fraction of sp³-hybridized carbons (Fsp3) is 0.600. The first kappa shape index (κ1) is 17.2. The van der Waals surface area contributed by atoms with E-state index in [9.17, 15) is 9.90 Å². The van der Waals surface area contributed by atoms with Gasteiger partial charge in [-0.2, -0.15) is 5.10 Å². The number of carbonyl (C=O) groups is 1. The van der Waals surface area contributed by atoms with Crippen molar-refractivity contribution in [2.24, 2.45) is 5.41 Å². The molecule has 1 amide bonds. The van der Waals surface area contributed by atoms with Crippen molar-refractivity contribution in [3.63, 3.8) is 0 Å². The van der Waals surface area contributed by atoms with Crippen LogP contribution in [0, 0.1) is 9.12 Å². The summed E-state index contributed by atoms with van der Waals surface area (Å²) in [6, 6.07) is 0. The van der Waals surface area contributed by atoms with Gasteiger partial charge in [0.25, 0.3) is 0 Å². The maximum atomic E-state index is 11.8. The van der Waals surface area contributed by atoms with E-state index in [-0.39, 0.29) is 5.41 Å². The maximum Gasteiger partial charge on any atom is 0.407 e. The highest BCUT2D eigenvalue weighted by Crippen LogP contribution is 2.45. The van der Waals surface area contributed by atoms with Gasteiger partial charge in [0, 0.05) is 6.54 Å². The predicted molar refractivity (Wildman–Crippen MR) is 98.6 cm³/mol. The Morgan fingerprint density at radius 3 is 2.79 bits per heavy atom. The minimum Gasteiger partial charge on any atom is -0.465 e. The lowest BCUT2D eigenvalue weighted by molar-refractivity contribution is 0.0160. The molecular formula is C15H21IN6O2. The topological polar surface area (TPSA) is 110 Å². The Hall–Kier alpha value is -1.65. The molecule has 3 rings (SSSR count). The molecule has 130 valence electrons. The van der Waals surface area contributed by atoms with Crippen molar-refractivity contribution in [1.82, 2.24) is 24.6 Å². The summed E-state index contributed by atoms with van der Waals surface area (Å²) in [4.78, 5) is 21.7. The third-order valence-corrected chi connectivity index (χ3v) is 5.80. The van der Waals surface area contributed by atoms with Crippen molar-refractivity contribution >= 4 is 45.5 Å². The third-order valence-electron chi connectivity index (χ3n) is 5.04. The Labute approximate surface area is 153 Å². The lowest BCUT2D eigenvalue weighted by Crippen LogP contribution is -2.57. The summed E-state index contributed by atoms with van der Waals surface area (Å²) >= 11 is 2.11. The number of nitrogen functional groups attached to an aromatic ring is 1. The molecule has 1 unspecified atom stereocenters. The van der Waals surface area contributed by atoms with Gasteiger partial charge in [-0.3, -0.25) is 0 Å². The molecule has 2 aromatic heterocycles. The van der Waals surface area contributed by atoms with Crippen LogP contribution in [0.1, 0.15) is 33.6 Å². The van der Waals surface area contributed by atoms with E-state index in [0.717, 1.165) is 21.9 Å². The largest absolute Gasteiger partial charge is 0.465 e. The Bertz CT molecular complexity index is 799. The van der Waals surface area contributed by atoms with Crippen LogP contribution in [0.25, 0.3) is 11.0 Å². The van der Waals surface area contributed by atoms with Gasteiger partial charge in [-0.05, 0) is 40.8 Å². The molecule has 9 heteroatoms. The number of hydrogen-bond acceptors (Lipinski definition) is 5. The van der Waals surface area contributed by atoms with Crippen LogP contribution in [0.4, 0.5) is 10.6 Å². The Balaban J connectivity index is 2.13. The van der Waals surface area contributed by atoms with Gasteiger partial charge in [-0.1, -0.05) is 20.8 Å². The second-order valence-corrected chi connectivity index (χ2v) is 8.25. The molecule has 1 aliphatic heterocycles. The number of rotatable bonds is 2. The Morgan fingerprint density at radius 2 is 2.17 bits per heavy atom. The molecule has 2 aromatic rings. The molecule has 1 aliphatic rings. The van der Waals surface area contributed by atoms with E-state index < -0.39 is 11.6 Å². The van der Waals surface area contributed by atoms with Crippen molar-refractivity contribution in [3.8, 4) is 0 Å². The molecule has 0 spiro atoms. The lowest BCUT2D eigenvalue weighted by Gasteiger charge is -2.47. The highest BCUT2D eigenvalue weighted by molar-refractivity contribution is 14.1. The molecule has 1 atom stereocenters. The maximum absolute atomic E-state index is 11.8. The molecular weight excluding hydrogens is 423 g/mol. The smallest absolute Gasteiger partial charge is 0.407 e. The van der Waals surface area contributed by atoms with Crippen LogP contribution in [0.5, 0.6) is 0 Å². The summed E-state index contributed by atoms with van der Waals surface area (Å²) in [6.07, 6.45) is 2.17. The van der Waals surface area contributed by atoms with Gasteiger partial charge < -0.3 is 15.7 Å². The van der Waals surface area contributed by atoms with Crippen LogP contribution in [-0.4, -0.2) is 47.9 Å². The molecule has 3 N–H and O–H groups in total. The first-order valence-corrected chi connectivity index (χ1v) is 8.88. The molecule has 8 nitrogen and oxygen atoms in total. The number of nitrogens with two attached hydrogens (primary N) is 1. The quantitative estimate of drug-likeness (QED) is 0.690. The first-order valence-electron chi connectivity index (χ1n) is 7.80. The van der Waals surface area contributed by atoms with Crippen molar-refractivity contribution < 1.29 is 9.90 Å². The van der Waals surface area contributed by atoms with Gasteiger partial charge in [0.1, 0.15) is 15.8 Å². The molecule has 0 saturated carbocycles. The normalized spacial score (nSPS) is 21.6. The van der Waals surface area contributed by atoms with E-state index in [1.54, 1.807) is 9.58 Å². The Kier molecular flexibility index (Phi) is 4.09. The van der Waals surface area contributed by atoms with Crippen LogP contribution in [0.3, 0.4) is 0 Å². The van der Waals surface area contributed by atoms with E-state index >= 15 is 0 Å². The first-order chi connectivity index (χ1) is 11.2. The molecule has 0 aliphatic carbocycles. The molecule has 1 fully saturated rings. The van der Waals surface area contributed by atoms with Crippen LogP contribution >= 0.6 is 22.6 Å². The summed E-state index contributed by atoms with van der Waals surface area (Å²) in [6.45, 7) is 7.22. The summed E-state index contributed by atoms with van der Waals surface area (Å²) < 4.78 is 2.51. The highest BCUT2D eigenvalue weighted by Gasteiger charge is 2.52. The van der Waals surface area contributed by atoms with Crippen LogP contribution in [0.15, 0.2) is 6.33 Å². The van der Waals surface area contributed by atoms with E-state index in [0.29, 0.717) is 24.6 Å². The highest BCUT2D eigenvalue weighted by atomic mass is 127. The number of carboxylic acid groups (broad SMARTS) is 1. The van der Waals surface area contributed by atoms with Crippen LogP contribution in [-0.2, 0) is 6.54 Å². The van der Waals surface area contributed by atoms with Gasteiger partial charge >= 0.3 is 6.09 Å². The number of anilines is 1. The van der Waals surface area contributed by atoms with Crippen molar-refractivity contribution in [3.05, 3.63) is 10.0 Å². The van der Waals surface area contributed by atoms with Gasteiger partial charge in [-0.25, -0.2) is 19.4 Å². The van der Waals surface area contributed by atoms with Crippen LogP contribution < -0.4 is 5.73 Å². The minimum absolute atomic E-state index is 0.246. The second kappa shape index (κ2) is 5.71. The van der Waals surface area contributed by atoms with E-state index in [1.807, 2.05) is 0 Å². The molecule has 1 saturated heterocycles. The average molecular weight is 444 g/mol. The van der Waals surface area contributed by atoms with Crippen molar-refractivity contribution in [2.45, 2.75) is 45.7 Å². The minimum atomic E-state index is -0.886. The lowest BCUT2D eigenvalue weighted by atomic mass is 9.71. The van der Waals surface area contributed by atoms with Gasteiger partial charge in [-0.15, -0.1) is 0 Å². The number of nitrogens with zero attached hydrogens (tertiary/aromatic N) is 5. The molecule has 0 bridgehead atoms. The fourth-order valence-electron chi connectivity index (χ4n) is 3.68. The van der Waals surface area contributed by atoms with E-state index in [1.165, 1.54) is 6.33 Å². The number of aromatic nitrogens is 4. The molecule has 0 aromatic carbocycles. The third kappa shape index (κ3) is 2.49. The fourth-order valence-corrected chi connectivity index (χ4v) is 4.46. The standard InChI is InChI=1S/C15H21IN6O2/c1-14(2,3)15(5-4-6-21(15)13(23)24)7-22-12-9(10(16)20-22)11(17)18-8-19-12/h8H,4-7H2,1-3H3,(H,23,24)(H2,17,18,19). The zero-order valence-electron chi connectivity index (χ0n) is 14.0. The average Bonchev–Trinajstić information content (AvgIpc) is 3.03. The zero-order valence-corrected chi connectivity index (χ0v) is 16.1. The van der Waals surface area contributed by atoms with Crippen molar-refractivity contribution in [1.29, 1.82) is 0 Å². The summed E-state index contributed by atoms with van der Waals surface area (Å²) in [5, 5.41) is 15.0. The Morgan fingerprint density at radius 1 is 1.46 bits per heavy atom. The zero-order chi connectivity index (χ0) is 17.7. The summed E-state index contributed by atoms with van der Waals surface area (Å²) in [5.74, 6) is 0.391. The van der Waals surface area contributed by atoms with Crippen molar-refractivity contribution in [2.75, 3.05) is 12.3 Å². The SMILES string of the molecule is CC(C)(C)C1(Cn2nc(I)c3c(N)ncnc32)CCCN1C(=O)O. The number of likely N-dealkylation sites (tertiary alicyclic amines) is 1. The van der Waals surface area contributed by atoms with Crippen LogP contribution in [0.2, 0.25) is 0 Å². The summed E-state index contributed by atoms with van der Waals surface area (Å²) in [5.41, 5.74) is 5.82. The number of amides is 1. The van der Waals surface area contributed by atoms with Gasteiger partial charge in [0.2, 0.25) is 0 Å². The summed E-state index contributed by atoms with van der Waals surface area (Å²) in [7, 11) is 0. The van der Waals surface area contributed by atoms with E-state index in [4.69, 9.17) is 5.73 Å². The molecule has 24 heavy (non-hydrogen) atoms.